The van der Waals surface area contributed by atoms with Crippen LogP contribution in [-0.4, -0.2) is 56.1 Å². The van der Waals surface area contributed by atoms with Crippen molar-refractivity contribution in [2.45, 2.75) is 32.0 Å². The summed E-state index contributed by atoms with van der Waals surface area (Å²) in [6.07, 6.45) is 9.70. The smallest absolute Gasteiger partial charge is 0.247 e. The minimum Gasteiger partial charge on any atom is -0.481 e. The van der Waals surface area contributed by atoms with Crippen LogP contribution in [0.5, 0.6) is 5.88 Å². The van der Waals surface area contributed by atoms with Gasteiger partial charge in [-0.15, -0.1) is 0 Å². The fourth-order valence-electron chi connectivity index (χ4n) is 5.65. The molecule has 0 saturated heterocycles. The number of pyridine rings is 1. The number of hydrogen-bond acceptors (Lipinski definition) is 5. The summed E-state index contributed by atoms with van der Waals surface area (Å²) in [5.74, 6) is 0.179. The predicted octanol–water partition coefficient (Wildman–Crippen LogP) is 5.51. The van der Waals surface area contributed by atoms with Gasteiger partial charge in [-0.2, -0.15) is 5.10 Å². The van der Waals surface area contributed by atoms with E-state index in [0.717, 1.165) is 34.4 Å². The standard InChI is InChI=1S/C37H35N5O3/c1-45-35-18-14-29(25-38-35)15-19-36(43)41(26-30-12-16-33(17-13-30)42-22-7-21-39-42)34(24-28-8-3-2-4-9-28)37(44)40-23-20-31-10-5-6-11-32(31)27-40/h2-19,21-22,25,34H,20,23-24,26-27H2,1H3/b19-15+/t34-/m0/s1. The first kappa shape index (κ1) is 29.6. The van der Waals surface area contributed by atoms with Crippen LogP contribution in [0.25, 0.3) is 11.8 Å². The number of methoxy groups -OCH3 is 1. The number of benzene rings is 3. The fourth-order valence-corrected chi connectivity index (χ4v) is 5.65. The summed E-state index contributed by atoms with van der Waals surface area (Å²) < 4.78 is 6.95. The third-order valence-corrected chi connectivity index (χ3v) is 8.10. The van der Waals surface area contributed by atoms with Crippen molar-refractivity contribution in [2.24, 2.45) is 0 Å². The largest absolute Gasteiger partial charge is 0.481 e. The Hall–Kier alpha value is -5.50. The van der Waals surface area contributed by atoms with Crippen molar-refractivity contribution in [3.05, 3.63) is 150 Å². The van der Waals surface area contributed by atoms with Gasteiger partial charge in [0.2, 0.25) is 17.7 Å². The second-order valence-corrected chi connectivity index (χ2v) is 11.0. The van der Waals surface area contributed by atoms with Crippen LogP contribution < -0.4 is 4.74 Å². The molecular formula is C37H35N5O3. The Kier molecular flexibility index (Phi) is 9.11. The van der Waals surface area contributed by atoms with Gasteiger partial charge < -0.3 is 14.5 Å². The molecule has 8 nitrogen and oxygen atoms in total. The molecule has 2 aromatic heterocycles. The molecule has 0 bridgehead atoms. The molecule has 2 amide bonds. The molecule has 0 fully saturated rings. The van der Waals surface area contributed by atoms with Gasteiger partial charge in [-0.3, -0.25) is 9.59 Å². The van der Waals surface area contributed by atoms with Gasteiger partial charge in [-0.25, -0.2) is 9.67 Å². The van der Waals surface area contributed by atoms with E-state index < -0.39 is 6.04 Å². The monoisotopic (exact) mass is 597 g/mol. The van der Waals surface area contributed by atoms with Crippen molar-refractivity contribution >= 4 is 17.9 Å². The van der Waals surface area contributed by atoms with E-state index in [9.17, 15) is 9.59 Å². The quantitative estimate of drug-likeness (QED) is 0.198. The number of carbonyl (C=O) groups is 2. The van der Waals surface area contributed by atoms with Crippen molar-refractivity contribution in [3.8, 4) is 11.6 Å². The zero-order chi connectivity index (χ0) is 31.0. The molecule has 0 radical (unpaired) electrons. The van der Waals surface area contributed by atoms with E-state index in [0.29, 0.717) is 25.4 Å². The maximum Gasteiger partial charge on any atom is 0.247 e. The van der Waals surface area contributed by atoms with Crippen LogP contribution in [0, 0.1) is 0 Å². The zero-order valence-electron chi connectivity index (χ0n) is 25.2. The number of fused-ring (bicyclic) bond motifs is 1. The molecule has 1 aliphatic rings. The molecule has 0 spiro atoms. The molecule has 1 aliphatic heterocycles. The van der Waals surface area contributed by atoms with Crippen LogP contribution in [-0.2, 0) is 35.5 Å². The van der Waals surface area contributed by atoms with Crippen molar-refractivity contribution in [1.82, 2.24) is 24.6 Å². The Morgan fingerprint density at radius 3 is 2.40 bits per heavy atom. The van der Waals surface area contributed by atoms with Crippen molar-refractivity contribution < 1.29 is 14.3 Å². The van der Waals surface area contributed by atoms with Gasteiger partial charge in [0.1, 0.15) is 6.04 Å². The van der Waals surface area contributed by atoms with E-state index in [1.54, 1.807) is 41.2 Å². The second kappa shape index (κ2) is 13.9. The number of hydrogen-bond donors (Lipinski definition) is 0. The highest BCUT2D eigenvalue weighted by Crippen LogP contribution is 2.23. The Balaban J connectivity index is 1.33. The number of amides is 2. The molecule has 1 atom stereocenters. The summed E-state index contributed by atoms with van der Waals surface area (Å²) >= 11 is 0. The first-order valence-electron chi connectivity index (χ1n) is 15.0. The zero-order valence-corrected chi connectivity index (χ0v) is 25.2. The van der Waals surface area contributed by atoms with Crippen molar-refractivity contribution in [2.75, 3.05) is 13.7 Å². The van der Waals surface area contributed by atoms with Crippen LogP contribution in [0.3, 0.4) is 0 Å². The van der Waals surface area contributed by atoms with Crippen LogP contribution in [0.2, 0.25) is 0 Å². The van der Waals surface area contributed by atoms with E-state index in [4.69, 9.17) is 4.74 Å². The molecular weight excluding hydrogens is 562 g/mol. The van der Waals surface area contributed by atoms with Gasteiger partial charge >= 0.3 is 0 Å². The lowest BCUT2D eigenvalue weighted by Gasteiger charge is -2.37. The van der Waals surface area contributed by atoms with E-state index >= 15 is 0 Å². The Morgan fingerprint density at radius 2 is 1.69 bits per heavy atom. The van der Waals surface area contributed by atoms with Gasteiger partial charge in [-0.05, 0) is 64.6 Å². The summed E-state index contributed by atoms with van der Waals surface area (Å²) in [5, 5.41) is 4.32. The first-order valence-corrected chi connectivity index (χ1v) is 15.0. The molecule has 6 rings (SSSR count). The highest BCUT2D eigenvalue weighted by molar-refractivity contribution is 5.95. The number of aromatic nitrogens is 3. The number of rotatable bonds is 10. The van der Waals surface area contributed by atoms with Gasteiger partial charge in [0.25, 0.3) is 0 Å². The van der Waals surface area contributed by atoms with Crippen LogP contribution in [0.4, 0.5) is 0 Å². The molecule has 0 unspecified atom stereocenters. The molecule has 226 valence electrons. The van der Waals surface area contributed by atoms with E-state index in [-0.39, 0.29) is 18.4 Å². The maximum atomic E-state index is 14.5. The number of nitrogens with zero attached hydrogens (tertiary/aromatic N) is 5. The Bertz CT molecular complexity index is 1750. The average molecular weight is 598 g/mol. The molecule has 3 heterocycles. The molecule has 45 heavy (non-hydrogen) atoms. The summed E-state index contributed by atoms with van der Waals surface area (Å²) in [7, 11) is 1.56. The average Bonchev–Trinajstić information content (AvgIpc) is 3.64. The number of ether oxygens (including phenoxy) is 1. The van der Waals surface area contributed by atoms with Crippen molar-refractivity contribution in [1.29, 1.82) is 0 Å². The molecule has 5 aromatic rings. The molecule has 0 aliphatic carbocycles. The minimum atomic E-state index is -0.713. The predicted molar refractivity (Wildman–Crippen MR) is 173 cm³/mol. The SMILES string of the molecule is COc1ccc(/C=C/C(=O)N(Cc2ccc(-n3cccn3)cc2)[C@@H](Cc2ccccc2)C(=O)N2CCc3ccccc3C2)cn1. The third-order valence-electron chi connectivity index (χ3n) is 8.10. The molecule has 0 saturated carbocycles. The highest BCUT2D eigenvalue weighted by atomic mass is 16.5. The molecule has 8 heteroatoms. The minimum absolute atomic E-state index is 0.0608. The van der Waals surface area contributed by atoms with Crippen molar-refractivity contribution in [3.63, 3.8) is 0 Å². The lowest BCUT2D eigenvalue weighted by molar-refractivity contribution is -0.144. The lowest BCUT2D eigenvalue weighted by atomic mass is 9.97. The summed E-state index contributed by atoms with van der Waals surface area (Å²) in [6, 6.07) is 30.8. The summed E-state index contributed by atoms with van der Waals surface area (Å²) in [4.78, 5) is 36.4. The Labute approximate surface area is 263 Å². The second-order valence-electron chi connectivity index (χ2n) is 11.0. The topological polar surface area (TPSA) is 80.6 Å². The van der Waals surface area contributed by atoms with Crippen LogP contribution >= 0.6 is 0 Å². The van der Waals surface area contributed by atoms with E-state index in [1.165, 1.54) is 11.6 Å². The normalized spacial score (nSPS) is 13.3. The first-order chi connectivity index (χ1) is 22.1. The van der Waals surface area contributed by atoms with Crippen LogP contribution in [0.15, 0.2) is 122 Å². The van der Waals surface area contributed by atoms with Gasteiger partial charge in [0.05, 0.1) is 12.8 Å². The molecule has 3 aromatic carbocycles. The van der Waals surface area contributed by atoms with Gasteiger partial charge in [-0.1, -0.05) is 66.7 Å². The lowest BCUT2D eigenvalue weighted by Crippen LogP contribution is -2.52. The third kappa shape index (κ3) is 7.18. The fraction of sp³-hybridized carbons (Fsp3) is 0.189. The van der Waals surface area contributed by atoms with Gasteiger partial charge in [0.15, 0.2) is 0 Å². The summed E-state index contributed by atoms with van der Waals surface area (Å²) in [6.45, 7) is 1.39. The number of carbonyl (C=O) groups excluding carboxylic acids is 2. The highest BCUT2D eigenvalue weighted by Gasteiger charge is 2.34. The van der Waals surface area contributed by atoms with E-state index in [2.05, 4.69) is 22.2 Å². The Morgan fingerprint density at radius 1 is 0.911 bits per heavy atom. The van der Waals surface area contributed by atoms with Crippen LogP contribution in [0.1, 0.15) is 27.8 Å². The van der Waals surface area contributed by atoms with E-state index in [1.807, 2.05) is 90.0 Å². The molecule has 0 N–H and O–H groups in total. The van der Waals surface area contributed by atoms with Gasteiger partial charge in [0, 0.05) is 56.8 Å². The summed E-state index contributed by atoms with van der Waals surface area (Å²) in [5.41, 5.74) is 5.98. The maximum absolute atomic E-state index is 14.5.